The number of hydrogen-bond acceptors (Lipinski definition) is 6. The predicted octanol–water partition coefficient (Wildman–Crippen LogP) is 2.24. The Morgan fingerprint density at radius 2 is 1.84 bits per heavy atom. The number of hydrogen-bond donors (Lipinski definition) is 2. The van der Waals surface area contributed by atoms with E-state index in [4.69, 9.17) is 0 Å². The van der Waals surface area contributed by atoms with E-state index in [1.54, 1.807) is 0 Å². The Bertz CT molecular complexity index is 1290. The molecule has 1 aliphatic rings. The van der Waals surface area contributed by atoms with Crippen LogP contribution in [0.5, 0.6) is 0 Å². The van der Waals surface area contributed by atoms with E-state index in [0.29, 0.717) is 49.2 Å². The van der Waals surface area contributed by atoms with Crippen molar-refractivity contribution in [1.29, 1.82) is 0 Å². The Hall–Kier alpha value is -3.20. The van der Waals surface area contributed by atoms with E-state index in [2.05, 4.69) is 9.97 Å². The zero-order chi connectivity index (χ0) is 22.2. The number of carboxylic acids is 1. The molecule has 2 N–H and O–H groups in total. The van der Waals surface area contributed by atoms with Gasteiger partial charge in [-0.25, -0.2) is 13.4 Å². The number of nitrogens with zero attached hydrogens (tertiary/aromatic N) is 2. The summed E-state index contributed by atoms with van der Waals surface area (Å²) in [5.41, 5.74) is 0.0303. The van der Waals surface area contributed by atoms with Gasteiger partial charge in [0, 0.05) is 19.3 Å². The van der Waals surface area contributed by atoms with E-state index in [0.717, 1.165) is 11.8 Å². The molecular formula is C22H23N3O5S. The van der Waals surface area contributed by atoms with Crippen LogP contribution in [0.3, 0.4) is 0 Å². The van der Waals surface area contributed by atoms with Crippen molar-refractivity contribution < 1.29 is 18.3 Å². The fourth-order valence-corrected chi connectivity index (χ4v) is 4.73. The summed E-state index contributed by atoms with van der Waals surface area (Å²) in [6, 6.07) is 13.8. The lowest BCUT2D eigenvalue weighted by molar-refractivity contribution is -0.150. The van der Waals surface area contributed by atoms with Gasteiger partial charge in [0.15, 0.2) is 9.84 Å². The minimum Gasteiger partial charge on any atom is -0.481 e. The van der Waals surface area contributed by atoms with Crippen LogP contribution in [0, 0.1) is 5.41 Å². The van der Waals surface area contributed by atoms with E-state index in [-0.39, 0.29) is 10.5 Å². The smallest absolute Gasteiger partial charge is 0.310 e. The molecule has 2 aromatic carbocycles. The van der Waals surface area contributed by atoms with E-state index in [1.165, 1.54) is 18.2 Å². The first-order valence-corrected chi connectivity index (χ1v) is 11.8. The summed E-state index contributed by atoms with van der Waals surface area (Å²) in [5.74, 6) is -0.504. The van der Waals surface area contributed by atoms with Gasteiger partial charge in [-0.1, -0.05) is 30.3 Å². The number of aromatic nitrogens is 2. The largest absolute Gasteiger partial charge is 0.481 e. The van der Waals surface area contributed by atoms with Crippen molar-refractivity contribution in [2.24, 2.45) is 5.41 Å². The van der Waals surface area contributed by atoms with Gasteiger partial charge in [-0.05, 0) is 43.0 Å². The van der Waals surface area contributed by atoms with Crippen LogP contribution in [0.15, 0.2) is 58.2 Å². The number of aromatic amines is 1. The van der Waals surface area contributed by atoms with E-state index < -0.39 is 21.2 Å². The summed E-state index contributed by atoms with van der Waals surface area (Å²) in [6.07, 6.45) is 2.35. The number of carbonyl (C=O) groups is 1. The van der Waals surface area contributed by atoms with Crippen molar-refractivity contribution >= 4 is 32.7 Å². The third-order valence-electron chi connectivity index (χ3n) is 5.95. The fraction of sp³-hybridized carbons (Fsp3) is 0.318. The molecule has 0 spiro atoms. The van der Waals surface area contributed by atoms with E-state index in [1.807, 2.05) is 35.2 Å². The molecule has 0 amide bonds. The number of piperidine rings is 1. The maximum atomic E-state index is 12.5. The average molecular weight is 442 g/mol. The van der Waals surface area contributed by atoms with Gasteiger partial charge in [-0.2, -0.15) is 0 Å². The van der Waals surface area contributed by atoms with Crippen molar-refractivity contribution in [3.63, 3.8) is 0 Å². The Kier molecular flexibility index (Phi) is 5.30. The third-order valence-corrected chi connectivity index (χ3v) is 7.06. The maximum absolute atomic E-state index is 12.5. The number of rotatable bonds is 5. The number of benzene rings is 2. The second kappa shape index (κ2) is 7.81. The number of H-pyrrole nitrogens is 1. The fourth-order valence-electron chi connectivity index (χ4n) is 4.09. The molecular weight excluding hydrogens is 418 g/mol. The number of fused-ring (bicyclic) bond motifs is 1. The van der Waals surface area contributed by atoms with Crippen molar-refractivity contribution in [1.82, 2.24) is 9.97 Å². The highest BCUT2D eigenvalue weighted by Crippen LogP contribution is 2.36. The molecule has 1 aliphatic heterocycles. The van der Waals surface area contributed by atoms with Crippen molar-refractivity contribution in [2.45, 2.75) is 24.2 Å². The topological polar surface area (TPSA) is 120 Å². The number of anilines is 1. The third kappa shape index (κ3) is 4.18. The lowest BCUT2D eigenvalue weighted by Gasteiger charge is -2.39. The molecule has 31 heavy (non-hydrogen) atoms. The van der Waals surface area contributed by atoms with Crippen LogP contribution in [-0.4, -0.2) is 48.8 Å². The first-order chi connectivity index (χ1) is 14.7. The second-order valence-corrected chi connectivity index (χ2v) is 10.1. The van der Waals surface area contributed by atoms with Gasteiger partial charge >= 0.3 is 5.97 Å². The molecule has 4 rings (SSSR count). The first kappa shape index (κ1) is 21.0. The minimum absolute atomic E-state index is 0.0930. The molecule has 0 saturated carbocycles. The molecule has 3 aromatic rings. The summed E-state index contributed by atoms with van der Waals surface area (Å²) >= 11 is 0. The molecule has 0 bridgehead atoms. The summed E-state index contributed by atoms with van der Waals surface area (Å²) in [6.45, 7) is 0.832. The average Bonchev–Trinajstić information content (AvgIpc) is 2.74. The van der Waals surface area contributed by atoms with Gasteiger partial charge < -0.3 is 10.0 Å². The molecule has 2 heterocycles. The van der Waals surface area contributed by atoms with Gasteiger partial charge in [0.2, 0.25) is 5.95 Å². The monoisotopic (exact) mass is 441 g/mol. The molecule has 0 unspecified atom stereocenters. The molecule has 0 radical (unpaired) electrons. The molecule has 1 saturated heterocycles. The van der Waals surface area contributed by atoms with Crippen LogP contribution in [0.25, 0.3) is 10.9 Å². The van der Waals surface area contributed by atoms with Crippen LogP contribution in [0.1, 0.15) is 18.4 Å². The number of aliphatic carboxylic acids is 1. The zero-order valence-electron chi connectivity index (χ0n) is 17.0. The molecule has 1 aromatic heterocycles. The van der Waals surface area contributed by atoms with Crippen LogP contribution >= 0.6 is 0 Å². The van der Waals surface area contributed by atoms with Gasteiger partial charge in [0.1, 0.15) is 0 Å². The van der Waals surface area contributed by atoms with E-state index >= 15 is 0 Å². The molecule has 0 atom stereocenters. The summed E-state index contributed by atoms with van der Waals surface area (Å²) in [7, 11) is -3.43. The van der Waals surface area contributed by atoms with Crippen molar-refractivity contribution in [3.8, 4) is 0 Å². The molecule has 8 nitrogen and oxygen atoms in total. The van der Waals surface area contributed by atoms with Gasteiger partial charge in [0.25, 0.3) is 5.56 Å². The SMILES string of the molecule is CS(=O)(=O)c1ccc2c(=O)[nH]c(N3CCC(Cc4ccccc4)(C(=O)O)CC3)nc2c1. The molecule has 1 fully saturated rings. The second-order valence-electron chi connectivity index (χ2n) is 8.08. The Labute approximate surface area is 179 Å². The van der Waals surface area contributed by atoms with Crippen LogP contribution < -0.4 is 10.5 Å². The van der Waals surface area contributed by atoms with Crippen molar-refractivity contribution in [2.75, 3.05) is 24.2 Å². The summed E-state index contributed by atoms with van der Waals surface area (Å²) in [4.78, 5) is 33.8. The normalized spacial score (nSPS) is 16.4. The molecule has 162 valence electrons. The molecule has 9 heteroatoms. The lowest BCUT2D eigenvalue weighted by atomic mass is 9.74. The van der Waals surface area contributed by atoms with Gasteiger partial charge in [-0.3, -0.25) is 14.6 Å². The van der Waals surface area contributed by atoms with Crippen LogP contribution in [0.2, 0.25) is 0 Å². The van der Waals surface area contributed by atoms with E-state index in [9.17, 15) is 23.1 Å². The number of sulfone groups is 1. The Morgan fingerprint density at radius 3 is 2.45 bits per heavy atom. The lowest BCUT2D eigenvalue weighted by Crippen LogP contribution is -2.46. The highest BCUT2D eigenvalue weighted by atomic mass is 32.2. The quantitative estimate of drug-likeness (QED) is 0.623. The number of carboxylic acid groups (broad SMARTS) is 1. The first-order valence-electron chi connectivity index (χ1n) is 9.94. The molecule has 0 aliphatic carbocycles. The maximum Gasteiger partial charge on any atom is 0.310 e. The Balaban J connectivity index is 1.61. The van der Waals surface area contributed by atoms with Gasteiger partial charge in [0.05, 0.1) is 21.2 Å². The predicted molar refractivity (Wildman–Crippen MR) is 117 cm³/mol. The van der Waals surface area contributed by atoms with Crippen LogP contribution in [-0.2, 0) is 21.1 Å². The summed E-state index contributed by atoms with van der Waals surface area (Å²) in [5, 5.41) is 10.3. The minimum atomic E-state index is -3.43. The summed E-state index contributed by atoms with van der Waals surface area (Å²) < 4.78 is 23.7. The standard InChI is InChI=1S/C22H23N3O5S/c1-31(29,30)16-7-8-17-18(13-16)23-21(24-19(17)26)25-11-9-22(10-12-25,20(27)28)14-15-5-3-2-4-6-15/h2-8,13H,9-12,14H2,1H3,(H,27,28)(H,23,24,26). The highest BCUT2D eigenvalue weighted by molar-refractivity contribution is 7.90. The zero-order valence-corrected chi connectivity index (χ0v) is 17.9. The van der Waals surface area contributed by atoms with Gasteiger partial charge in [-0.15, -0.1) is 0 Å². The van der Waals surface area contributed by atoms with Crippen LogP contribution in [0.4, 0.5) is 5.95 Å². The number of nitrogens with one attached hydrogen (secondary N) is 1. The Morgan fingerprint density at radius 1 is 1.16 bits per heavy atom. The highest BCUT2D eigenvalue weighted by Gasteiger charge is 2.42. The van der Waals surface area contributed by atoms with Crippen molar-refractivity contribution in [3.05, 3.63) is 64.4 Å².